The van der Waals surface area contributed by atoms with E-state index in [1.165, 1.54) is 13.8 Å². The molecule has 2 N–H and O–H groups in total. The average molecular weight is 237 g/mol. The summed E-state index contributed by atoms with van der Waals surface area (Å²) >= 11 is 0. The number of alkyl halides is 2. The van der Waals surface area contributed by atoms with Crippen LogP contribution in [0.15, 0.2) is 0 Å². The second-order valence-corrected chi connectivity index (χ2v) is 5.63. The van der Waals surface area contributed by atoms with Crippen LogP contribution >= 0.6 is 0 Å². The van der Waals surface area contributed by atoms with Crippen molar-refractivity contribution >= 4 is 5.97 Å². The number of hydrogen-bond donors (Lipinski definition) is 1. The quantitative estimate of drug-likeness (QED) is 0.763. The van der Waals surface area contributed by atoms with Gasteiger partial charge in [0.25, 0.3) is 0 Å². The van der Waals surface area contributed by atoms with Gasteiger partial charge in [-0.05, 0) is 27.2 Å². The molecule has 1 atom stereocenters. The van der Waals surface area contributed by atoms with Crippen molar-refractivity contribution in [3.63, 3.8) is 0 Å². The van der Waals surface area contributed by atoms with Gasteiger partial charge < -0.3 is 10.5 Å². The lowest BCUT2D eigenvalue weighted by atomic mass is 9.86. The topological polar surface area (TPSA) is 52.3 Å². The summed E-state index contributed by atoms with van der Waals surface area (Å²) in [4.78, 5) is 11.5. The fourth-order valence-corrected chi connectivity index (χ4v) is 1.12. The van der Waals surface area contributed by atoms with E-state index in [0.29, 0.717) is 0 Å². The SMILES string of the molecule is CC(C)(C)OC(=O)[C@@H](N)CC(C)(C)C(F)F. The van der Waals surface area contributed by atoms with Crippen LogP contribution in [0.1, 0.15) is 41.0 Å². The normalized spacial score (nSPS) is 15.1. The van der Waals surface area contributed by atoms with E-state index in [1.54, 1.807) is 20.8 Å². The molecule has 0 heterocycles. The first kappa shape index (κ1) is 15.3. The Bertz CT molecular complexity index is 247. The molecule has 96 valence electrons. The molecule has 0 aliphatic rings. The van der Waals surface area contributed by atoms with Crippen LogP contribution in [0.3, 0.4) is 0 Å². The third kappa shape index (κ3) is 5.39. The van der Waals surface area contributed by atoms with Crippen molar-refractivity contribution in [1.29, 1.82) is 0 Å². The second kappa shape index (κ2) is 5.08. The highest BCUT2D eigenvalue weighted by Gasteiger charge is 2.35. The molecule has 3 nitrogen and oxygen atoms in total. The van der Waals surface area contributed by atoms with Gasteiger partial charge in [0, 0.05) is 5.41 Å². The van der Waals surface area contributed by atoms with Crippen LogP contribution in [0.5, 0.6) is 0 Å². The summed E-state index contributed by atoms with van der Waals surface area (Å²) in [5.41, 5.74) is 3.61. The van der Waals surface area contributed by atoms with Gasteiger partial charge in [0.05, 0.1) is 0 Å². The summed E-state index contributed by atoms with van der Waals surface area (Å²) in [5, 5.41) is 0. The number of carbonyl (C=O) groups is 1. The Hall–Kier alpha value is -0.710. The Morgan fingerprint density at radius 3 is 2.00 bits per heavy atom. The standard InChI is InChI=1S/C11H21F2NO2/c1-10(2,3)16-8(15)7(14)6-11(4,5)9(12)13/h7,9H,6,14H2,1-5H3/t7-/m0/s1. The maximum Gasteiger partial charge on any atom is 0.323 e. The number of esters is 1. The van der Waals surface area contributed by atoms with Gasteiger partial charge in [0.2, 0.25) is 6.43 Å². The number of hydrogen-bond acceptors (Lipinski definition) is 3. The predicted molar refractivity (Wildman–Crippen MR) is 58.2 cm³/mol. The number of carbonyl (C=O) groups excluding carboxylic acids is 1. The molecule has 0 bridgehead atoms. The summed E-state index contributed by atoms with van der Waals surface area (Å²) < 4.78 is 30.1. The second-order valence-electron chi connectivity index (χ2n) is 5.63. The third-order valence-electron chi connectivity index (χ3n) is 2.05. The Morgan fingerprint density at radius 1 is 1.25 bits per heavy atom. The van der Waals surface area contributed by atoms with Crippen molar-refractivity contribution in [2.24, 2.45) is 11.1 Å². The molecular formula is C11H21F2NO2. The van der Waals surface area contributed by atoms with Gasteiger partial charge in [-0.25, -0.2) is 8.78 Å². The van der Waals surface area contributed by atoms with Crippen LogP contribution in [0.4, 0.5) is 8.78 Å². The van der Waals surface area contributed by atoms with Gasteiger partial charge in [-0.15, -0.1) is 0 Å². The van der Waals surface area contributed by atoms with Crippen LogP contribution in [0, 0.1) is 5.41 Å². The molecule has 0 saturated carbocycles. The molecule has 0 aliphatic heterocycles. The summed E-state index contributed by atoms with van der Waals surface area (Å²) in [6.07, 6.45) is -2.61. The molecule has 0 amide bonds. The number of rotatable bonds is 4. The van der Waals surface area contributed by atoms with Gasteiger partial charge in [-0.3, -0.25) is 4.79 Å². The maximum absolute atomic E-state index is 12.6. The fourth-order valence-electron chi connectivity index (χ4n) is 1.12. The maximum atomic E-state index is 12.6. The highest BCUT2D eigenvalue weighted by molar-refractivity contribution is 5.75. The van der Waals surface area contributed by atoms with Crippen molar-refractivity contribution in [3.05, 3.63) is 0 Å². The average Bonchev–Trinajstić information content (AvgIpc) is 1.99. The number of ether oxygens (including phenoxy) is 1. The van der Waals surface area contributed by atoms with E-state index < -0.39 is 29.5 Å². The lowest BCUT2D eigenvalue weighted by Crippen LogP contribution is -2.41. The Labute approximate surface area is 95.3 Å². The molecular weight excluding hydrogens is 216 g/mol. The minimum atomic E-state index is -2.51. The molecule has 5 heteroatoms. The molecule has 16 heavy (non-hydrogen) atoms. The summed E-state index contributed by atoms with van der Waals surface area (Å²) in [6.45, 7) is 7.87. The molecule has 0 saturated heterocycles. The third-order valence-corrected chi connectivity index (χ3v) is 2.05. The van der Waals surface area contributed by atoms with Gasteiger partial charge >= 0.3 is 5.97 Å². The van der Waals surface area contributed by atoms with E-state index in [2.05, 4.69) is 0 Å². The molecule has 0 aromatic carbocycles. The highest BCUT2D eigenvalue weighted by Crippen LogP contribution is 2.30. The lowest BCUT2D eigenvalue weighted by Gasteiger charge is -2.28. The zero-order chi connectivity index (χ0) is 13.1. The van der Waals surface area contributed by atoms with Crippen LogP contribution in [-0.2, 0) is 9.53 Å². The first-order valence-corrected chi connectivity index (χ1v) is 5.22. The van der Waals surface area contributed by atoms with E-state index >= 15 is 0 Å². The Morgan fingerprint density at radius 2 is 1.69 bits per heavy atom. The number of nitrogens with two attached hydrogens (primary N) is 1. The van der Waals surface area contributed by atoms with Gasteiger partial charge in [0.1, 0.15) is 11.6 Å². The minimum absolute atomic E-state index is 0.0976. The highest BCUT2D eigenvalue weighted by atomic mass is 19.3. The summed E-state index contributed by atoms with van der Waals surface area (Å²) in [6, 6.07) is -1.01. The van der Waals surface area contributed by atoms with Crippen LogP contribution < -0.4 is 5.73 Å². The van der Waals surface area contributed by atoms with Gasteiger partial charge in [-0.2, -0.15) is 0 Å². The van der Waals surface area contributed by atoms with Crippen LogP contribution in [-0.4, -0.2) is 24.0 Å². The first-order valence-electron chi connectivity index (χ1n) is 5.22. The van der Waals surface area contributed by atoms with E-state index in [-0.39, 0.29) is 6.42 Å². The van der Waals surface area contributed by atoms with Crippen molar-refractivity contribution in [2.45, 2.75) is 59.1 Å². The van der Waals surface area contributed by atoms with Gasteiger partial charge in [-0.1, -0.05) is 13.8 Å². The first-order chi connectivity index (χ1) is 6.96. The lowest BCUT2D eigenvalue weighted by molar-refractivity contribution is -0.157. The van der Waals surface area contributed by atoms with Crippen LogP contribution in [0.25, 0.3) is 0 Å². The number of halogens is 2. The van der Waals surface area contributed by atoms with E-state index in [1.807, 2.05) is 0 Å². The van der Waals surface area contributed by atoms with Gasteiger partial charge in [0.15, 0.2) is 0 Å². The zero-order valence-electron chi connectivity index (χ0n) is 10.5. The summed E-state index contributed by atoms with van der Waals surface area (Å²) in [5.74, 6) is -0.638. The van der Waals surface area contributed by atoms with Crippen molar-refractivity contribution in [3.8, 4) is 0 Å². The predicted octanol–water partition coefficient (Wildman–Crippen LogP) is 2.34. The zero-order valence-corrected chi connectivity index (χ0v) is 10.5. The van der Waals surface area contributed by atoms with E-state index in [9.17, 15) is 13.6 Å². The minimum Gasteiger partial charge on any atom is -0.459 e. The van der Waals surface area contributed by atoms with E-state index in [4.69, 9.17) is 10.5 Å². The van der Waals surface area contributed by atoms with E-state index in [0.717, 1.165) is 0 Å². The molecule has 0 unspecified atom stereocenters. The molecule has 0 aromatic heterocycles. The molecule has 0 rings (SSSR count). The Kier molecular flexibility index (Phi) is 4.85. The largest absolute Gasteiger partial charge is 0.459 e. The van der Waals surface area contributed by atoms with Crippen molar-refractivity contribution < 1.29 is 18.3 Å². The van der Waals surface area contributed by atoms with Crippen LogP contribution in [0.2, 0.25) is 0 Å². The molecule has 0 fully saturated rings. The summed E-state index contributed by atoms with van der Waals surface area (Å²) in [7, 11) is 0. The molecule has 0 radical (unpaired) electrons. The molecule has 0 spiro atoms. The fraction of sp³-hybridized carbons (Fsp3) is 0.909. The van der Waals surface area contributed by atoms with Crippen molar-refractivity contribution in [2.75, 3.05) is 0 Å². The monoisotopic (exact) mass is 237 g/mol. The molecule has 0 aromatic rings. The Balaban J connectivity index is 4.37. The van der Waals surface area contributed by atoms with Crippen molar-refractivity contribution in [1.82, 2.24) is 0 Å². The molecule has 0 aliphatic carbocycles. The smallest absolute Gasteiger partial charge is 0.323 e.